The van der Waals surface area contributed by atoms with Crippen molar-refractivity contribution >= 4 is 32.7 Å². The lowest BCUT2D eigenvalue weighted by Crippen LogP contribution is -2.54. The zero-order chi connectivity index (χ0) is 23.8. The number of hydrogen-bond acceptors (Lipinski definition) is 6. The lowest BCUT2D eigenvalue weighted by molar-refractivity contribution is -0.121. The van der Waals surface area contributed by atoms with E-state index in [0.29, 0.717) is 37.5 Å². The second kappa shape index (κ2) is 9.20. The van der Waals surface area contributed by atoms with E-state index in [1.807, 2.05) is 44.7 Å². The molecule has 33 heavy (non-hydrogen) atoms. The van der Waals surface area contributed by atoms with Crippen LogP contribution in [0.2, 0.25) is 0 Å². The first-order chi connectivity index (χ1) is 15.7. The van der Waals surface area contributed by atoms with Crippen molar-refractivity contribution in [2.75, 3.05) is 31.5 Å². The van der Waals surface area contributed by atoms with Gasteiger partial charge in [0.05, 0.1) is 17.8 Å². The van der Waals surface area contributed by atoms with Crippen molar-refractivity contribution in [2.24, 2.45) is 0 Å². The average Bonchev–Trinajstić information content (AvgIpc) is 3.26. The largest absolute Gasteiger partial charge is 0.310 e. The van der Waals surface area contributed by atoms with Gasteiger partial charge in [0.2, 0.25) is 15.9 Å². The van der Waals surface area contributed by atoms with E-state index >= 15 is 0 Å². The zero-order valence-corrected chi connectivity index (χ0v) is 20.2. The van der Waals surface area contributed by atoms with E-state index in [9.17, 15) is 13.2 Å². The number of benzene rings is 1. The maximum atomic E-state index is 13.4. The first-order valence-corrected chi connectivity index (χ1v) is 12.6. The number of piperazine rings is 1. The van der Waals surface area contributed by atoms with E-state index in [0.717, 1.165) is 10.9 Å². The molecule has 0 saturated carbocycles. The number of aryl methyl sites for hydroxylation is 1. The molecule has 1 N–H and O–H groups in total. The van der Waals surface area contributed by atoms with Crippen LogP contribution in [0.5, 0.6) is 0 Å². The van der Waals surface area contributed by atoms with E-state index in [-0.39, 0.29) is 16.8 Å². The standard InChI is InChI=1S/C23H30N6O3S/c1-16(2)29-21(8-9-25-29)26-23(30)18(4)27-10-12-28(13-11-27)33(31,32)20-7-5-6-19-14-17(3)15-24-22(19)20/h5-9,14-16,18H,10-13H2,1-4H3,(H,26,30). The second-order valence-corrected chi connectivity index (χ2v) is 10.6. The summed E-state index contributed by atoms with van der Waals surface area (Å²) in [6, 6.07) is 8.68. The molecule has 1 unspecified atom stereocenters. The Labute approximate surface area is 194 Å². The quantitative estimate of drug-likeness (QED) is 0.595. The van der Waals surface area contributed by atoms with Crippen molar-refractivity contribution in [3.8, 4) is 0 Å². The van der Waals surface area contributed by atoms with Gasteiger partial charge >= 0.3 is 0 Å². The number of amides is 1. The number of carbonyl (C=O) groups is 1. The highest BCUT2D eigenvalue weighted by molar-refractivity contribution is 7.89. The van der Waals surface area contributed by atoms with E-state index < -0.39 is 16.1 Å². The Bertz CT molecular complexity index is 1260. The van der Waals surface area contributed by atoms with Gasteiger partial charge in [0, 0.05) is 49.9 Å². The lowest BCUT2D eigenvalue weighted by Gasteiger charge is -2.36. The molecule has 1 atom stereocenters. The number of nitrogens with one attached hydrogen (secondary N) is 1. The van der Waals surface area contributed by atoms with Crippen molar-refractivity contribution in [3.05, 3.63) is 48.3 Å². The number of hydrogen-bond donors (Lipinski definition) is 1. The predicted octanol–water partition coefficient (Wildman–Crippen LogP) is 2.65. The predicted molar refractivity (Wildman–Crippen MR) is 128 cm³/mol. The fraction of sp³-hybridized carbons (Fsp3) is 0.435. The van der Waals surface area contributed by atoms with Gasteiger partial charge in [0.25, 0.3) is 0 Å². The van der Waals surface area contributed by atoms with Crippen LogP contribution in [0.3, 0.4) is 0 Å². The number of anilines is 1. The van der Waals surface area contributed by atoms with Crippen LogP contribution in [0.1, 0.15) is 32.4 Å². The Morgan fingerprint density at radius 1 is 1.09 bits per heavy atom. The van der Waals surface area contributed by atoms with Crippen molar-refractivity contribution in [2.45, 2.75) is 44.7 Å². The van der Waals surface area contributed by atoms with Crippen molar-refractivity contribution < 1.29 is 13.2 Å². The number of aromatic nitrogens is 3. The van der Waals surface area contributed by atoms with Crippen molar-refractivity contribution in [1.82, 2.24) is 24.0 Å². The molecule has 10 heteroatoms. The molecular formula is C23H30N6O3S. The van der Waals surface area contributed by atoms with Gasteiger partial charge in [-0.25, -0.2) is 13.1 Å². The fourth-order valence-corrected chi connectivity index (χ4v) is 5.73. The summed E-state index contributed by atoms with van der Waals surface area (Å²) in [4.78, 5) is 19.4. The van der Waals surface area contributed by atoms with Crippen LogP contribution in [0, 0.1) is 6.92 Å². The number of sulfonamides is 1. The number of para-hydroxylation sites is 1. The third-order valence-corrected chi connectivity index (χ3v) is 7.97. The zero-order valence-electron chi connectivity index (χ0n) is 19.4. The van der Waals surface area contributed by atoms with Crippen LogP contribution in [0.15, 0.2) is 47.6 Å². The molecule has 1 aliphatic rings. The summed E-state index contributed by atoms with van der Waals surface area (Å²) in [5.74, 6) is 0.518. The molecule has 1 amide bonds. The minimum absolute atomic E-state index is 0.131. The molecule has 2 aromatic heterocycles. The van der Waals surface area contributed by atoms with Gasteiger partial charge in [-0.05, 0) is 45.4 Å². The Morgan fingerprint density at radius 3 is 2.52 bits per heavy atom. The Balaban J connectivity index is 1.44. The topological polar surface area (TPSA) is 100 Å². The molecule has 0 radical (unpaired) electrons. The smallest absolute Gasteiger partial charge is 0.245 e. The van der Waals surface area contributed by atoms with Crippen LogP contribution in [-0.2, 0) is 14.8 Å². The molecule has 176 valence electrons. The maximum absolute atomic E-state index is 13.4. The first kappa shape index (κ1) is 23.3. The van der Waals surface area contributed by atoms with Crippen molar-refractivity contribution in [3.63, 3.8) is 0 Å². The highest BCUT2D eigenvalue weighted by Crippen LogP contribution is 2.26. The molecule has 3 heterocycles. The first-order valence-electron chi connectivity index (χ1n) is 11.1. The molecule has 0 spiro atoms. The molecule has 0 aliphatic carbocycles. The van der Waals surface area contributed by atoms with Gasteiger partial charge in [-0.15, -0.1) is 0 Å². The molecular weight excluding hydrogens is 440 g/mol. The molecule has 9 nitrogen and oxygen atoms in total. The minimum Gasteiger partial charge on any atom is -0.310 e. The Morgan fingerprint density at radius 2 is 1.82 bits per heavy atom. The number of carbonyl (C=O) groups excluding carboxylic acids is 1. The summed E-state index contributed by atoms with van der Waals surface area (Å²) in [6.45, 7) is 9.32. The van der Waals surface area contributed by atoms with Gasteiger partial charge in [0.15, 0.2) is 0 Å². The Hall–Kier alpha value is -2.82. The van der Waals surface area contributed by atoms with Gasteiger partial charge in [-0.2, -0.15) is 9.40 Å². The molecule has 1 aliphatic heterocycles. The number of pyridine rings is 1. The van der Waals surface area contributed by atoms with Gasteiger partial charge in [-0.1, -0.05) is 12.1 Å². The molecule has 1 saturated heterocycles. The van der Waals surface area contributed by atoms with E-state index in [2.05, 4.69) is 15.4 Å². The van der Waals surface area contributed by atoms with Crippen LogP contribution in [0.25, 0.3) is 10.9 Å². The summed E-state index contributed by atoms with van der Waals surface area (Å²) in [5.41, 5.74) is 1.47. The fourth-order valence-electron chi connectivity index (χ4n) is 4.14. The van der Waals surface area contributed by atoms with Crippen LogP contribution in [-0.4, -0.2) is 70.5 Å². The van der Waals surface area contributed by atoms with Gasteiger partial charge in [0.1, 0.15) is 10.7 Å². The maximum Gasteiger partial charge on any atom is 0.245 e. The molecule has 4 rings (SSSR count). The Kier molecular flexibility index (Phi) is 6.51. The van der Waals surface area contributed by atoms with Gasteiger partial charge in [-0.3, -0.25) is 14.7 Å². The molecule has 1 fully saturated rings. The van der Waals surface area contributed by atoms with E-state index in [4.69, 9.17) is 0 Å². The van der Waals surface area contributed by atoms with Crippen LogP contribution < -0.4 is 5.32 Å². The van der Waals surface area contributed by atoms with E-state index in [1.54, 1.807) is 35.3 Å². The average molecular weight is 471 g/mol. The minimum atomic E-state index is -3.70. The SMILES string of the molecule is Cc1cnc2c(S(=O)(=O)N3CCN(C(C)C(=O)Nc4ccnn4C(C)C)CC3)cccc2c1. The summed E-state index contributed by atoms with van der Waals surface area (Å²) in [6.07, 6.45) is 3.35. The monoisotopic (exact) mass is 470 g/mol. The number of fused-ring (bicyclic) bond motifs is 1. The van der Waals surface area contributed by atoms with Crippen molar-refractivity contribution in [1.29, 1.82) is 0 Å². The summed E-state index contributed by atoms with van der Waals surface area (Å²) in [5, 5.41) is 7.99. The molecule has 0 bridgehead atoms. The summed E-state index contributed by atoms with van der Waals surface area (Å²) < 4.78 is 30.0. The normalized spacial score (nSPS) is 16.9. The highest BCUT2D eigenvalue weighted by Gasteiger charge is 2.33. The molecule has 3 aromatic rings. The number of nitrogens with zero attached hydrogens (tertiary/aromatic N) is 5. The number of rotatable bonds is 6. The van der Waals surface area contributed by atoms with E-state index in [1.165, 1.54) is 4.31 Å². The summed E-state index contributed by atoms with van der Waals surface area (Å²) >= 11 is 0. The second-order valence-electron chi connectivity index (χ2n) is 8.70. The third kappa shape index (κ3) is 4.64. The third-order valence-electron chi connectivity index (χ3n) is 6.04. The van der Waals surface area contributed by atoms with Gasteiger partial charge < -0.3 is 5.32 Å². The van der Waals surface area contributed by atoms with Crippen LogP contribution in [0.4, 0.5) is 5.82 Å². The van der Waals surface area contributed by atoms with Crippen LogP contribution >= 0.6 is 0 Å². The highest BCUT2D eigenvalue weighted by atomic mass is 32.2. The summed E-state index contributed by atoms with van der Waals surface area (Å²) in [7, 11) is -3.70. The lowest BCUT2D eigenvalue weighted by atomic mass is 10.2. The molecule has 1 aromatic carbocycles.